The number of fused-ring (bicyclic) bond motifs is 1. The molecule has 1 aromatic heterocycles. The van der Waals surface area contributed by atoms with Crippen LogP contribution < -0.4 is 0 Å². The van der Waals surface area contributed by atoms with Gasteiger partial charge >= 0.3 is 0 Å². The summed E-state index contributed by atoms with van der Waals surface area (Å²) in [5.74, 6) is 0.786. The zero-order valence-corrected chi connectivity index (χ0v) is 9.97. The van der Waals surface area contributed by atoms with E-state index in [1.54, 1.807) is 11.1 Å². The molecule has 1 heteroatoms. The van der Waals surface area contributed by atoms with Crippen LogP contribution in [0.1, 0.15) is 23.1 Å². The molecule has 0 saturated heterocycles. The normalized spacial score (nSPS) is 18.7. The monoisotopic (exact) mass is 223 g/mol. The second kappa shape index (κ2) is 4.70. The van der Waals surface area contributed by atoms with E-state index in [-0.39, 0.29) is 0 Å². The molecule has 0 fully saturated rings. The molecule has 1 atom stereocenters. The highest BCUT2D eigenvalue weighted by Gasteiger charge is 2.18. The first-order chi connectivity index (χ1) is 8.42. The maximum Gasteiger partial charge on any atom is 0.0299 e. The Morgan fingerprint density at radius 3 is 2.76 bits per heavy atom. The number of rotatable bonds is 2. The summed E-state index contributed by atoms with van der Waals surface area (Å²) in [6.07, 6.45) is 8.79. The number of benzene rings is 1. The third-order valence-corrected chi connectivity index (χ3v) is 3.70. The van der Waals surface area contributed by atoms with E-state index in [2.05, 4.69) is 35.3 Å². The molecule has 0 N–H and O–H groups in total. The van der Waals surface area contributed by atoms with Gasteiger partial charge in [-0.3, -0.25) is 4.98 Å². The Balaban J connectivity index is 1.72. The Kier molecular flexibility index (Phi) is 2.91. The molecule has 2 aromatic rings. The lowest BCUT2D eigenvalue weighted by molar-refractivity contribution is 0.455. The predicted molar refractivity (Wildman–Crippen MR) is 69.9 cm³/mol. The lowest BCUT2D eigenvalue weighted by Crippen LogP contribution is -2.16. The van der Waals surface area contributed by atoms with Crippen molar-refractivity contribution in [2.45, 2.75) is 25.7 Å². The maximum absolute atomic E-state index is 4.19. The Morgan fingerprint density at radius 1 is 1.06 bits per heavy atom. The van der Waals surface area contributed by atoms with Gasteiger partial charge in [-0.2, -0.15) is 0 Å². The Morgan fingerprint density at radius 2 is 1.94 bits per heavy atom. The molecule has 0 bridgehead atoms. The van der Waals surface area contributed by atoms with Crippen molar-refractivity contribution in [3.8, 4) is 0 Å². The summed E-state index contributed by atoms with van der Waals surface area (Å²) in [4.78, 5) is 4.19. The van der Waals surface area contributed by atoms with E-state index < -0.39 is 0 Å². The van der Waals surface area contributed by atoms with Crippen LogP contribution in [0.25, 0.3) is 0 Å². The number of hydrogen-bond donors (Lipinski definition) is 0. The molecule has 0 aliphatic heterocycles. The van der Waals surface area contributed by atoms with Gasteiger partial charge in [0.2, 0.25) is 0 Å². The van der Waals surface area contributed by atoms with Crippen LogP contribution in [0.2, 0.25) is 0 Å². The molecular formula is C16H17N. The second-order valence-corrected chi connectivity index (χ2v) is 4.94. The highest BCUT2D eigenvalue weighted by atomic mass is 14.6. The standard InChI is InChI=1S/C16H17N/c1-2-6-16-11-13(7-8-15(16)5-1)10-14-4-3-9-17-12-14/h1-6,9,12-13H,7-8,10-11H2. The van der Waals surface area contributed by atoms with Crippen LogP contribution in [0.15, 0.2) is 48.8 Å². The van der Waals surface area contributed by atoms with Gasteiger partial charge in [0.1, 0.15) is 0 Å². The number of hydrogen-bond acceptors (Lipinski definition) is 1. The van der Waals surface area contributed by atoms with Crippen LogP contribution >= 0.6 is 0 Å². The average Bonchev–Trinajstić information content (AvgIpc) is 2.40. The van der Waals surface area contributed by atoms with Gasteiger partial charge in [-0.15, -0.1) is 0 Å². The number of aryl methyl sites for hydroxylation is 1. The molecule has 1 unspecified atom stereocenters. The molecular weight excluding hydrogens is 206 g/mol. The minimum Gasteiger partial charge on any atom is -0.264 e. The van der Waals surface area contributed by atoms with Gasteiger partial charge in [-0.25, -0.2) is 0 Å². The fraction of sp³-hybridized carbons (Fsp3) is 0.312. The maximum atomic E-state index is 4.19. The molecule has 1 aliphatic rings. The molecule has 1 aromatic carbocycles. The van der Waals surface area contributed by atoms with Crippen molar-refractivity contribution in [3.05, 3.63) is 65.5 Å². The molecule has 3 rings (SSSR count). The molecule has 0 amide bonds. The zero-order chi connectivity index (χ0) is 11.5. The molecule has 17 heavy (non-hydrogen) atoms. The minimum atomic E-state index is 0.786. The fourth-order valence-electron chi connectivity index (χ4n) is 2.80. The van der Waals surface area contributed by atoms with E-state index >= 15 is 0 Å². The zero-order valence-electron chi connectivity index (χ0n) is 9.97. The fourth-order valence-corrected chi connectivity index (χ4v) is 2.80. The summed E-state index contributed by atoms with van der Waals surface area (Å²) in [5, 5.41) is 0. The van der Waals surface area contributed by atoms with E-state index in [0.29, 0.717) is 0 Å². The Hall–Kier alpha value is -1.63. The first kappa shape index (κ1) is 10.5. The molecule has 1 heterocycles. The van der Waals surface area contributed by atoms with Crippen molar-refractivity contribution in [3.63, 3.8) is 0 Å². The van der Waals surface area contributed by atoms with Gasteiger partial charge in [-0.1, -0.05) is 30.3 Å². The first-order valence-electron chi connectivity index (χ1n) is 6.37. The summed E-state index contributed by atoms with van der Waals surface area (Å²) in [5.41, 5.74) is 4.47. The van der Waals surface area contributed by atoms with E-state index in [4.69, 9.17) is 0 Å². The van der Waals surface area contributed by atoms with Crippen LogP contribution in [0.3, 0.4) is 0 Å². The van der Waals surface area contributed by atoms with E-state index in [1.807, 2.05) is 18.5 Å². The van der Waals surface area contributed by atoms with Crippen LogP contribution in [0.5, 0.6) is 0 Å². The van der Waals surface area contributed by atoms with E-state index in [9.17, 15) is 0 Å². The number of aromatic nitrogens is 1. The van der Waals surface area contributed by atoms with Crippen LogP contribution in [-0.2, 0) is 19.3 Å². The Bertz CT molecular complexity index is 490. The number of nitrogens with zero attached hydrogens (tertiary/aromatic N) is 1. The average molecular weight is 223 g/mol. The summed E-state index contributed by atoms with van der Waals surface area (Å²) >= 11 is 0. The second-order valence-electron chi connectivity index (χ2n) is 4.94. The third kappa shape index (κ3) is 2.38. The molecule has 0 saturated carbocycles. The van der Waals surface area contributed by atoms with Gasteiger partial charge in [0.25, 0.3) is 0 Å². The number of pyridine rings is 1. The van der Waals surface area contributed by atoms with Crippen molar-refractivity contribution >= 4 is 0 Å². The lowest BCUT2D eigenvalue weighted by atomic mass is 9.81. The van der Waals surface area contributed by atoms with E-state index in [0.717, 1.165) is 5.92 Å². The van der Waals surface area contributed by atoms with E-state index in [1.165, 1.54) is 31.2 Å². The van der Waals surface area contributed by atoms with Crippen LogP contribution in [0, 0.1) is 5.92 Å². The van der Waals surface area contributed by atoms with Gasteiger partial charge in [-0.05, 0) is 54.4 Å². The summed E-state index contributed by atoms with van der Waals surface area (Å²) in [6.45, 7) is 0. The summed E-state index contributed by atoms with van der Waals surface area (Å²) < 4.78 is 0. The van der Waals surface area contributed by atoms with Crippen LogP contribution in [0.4, 0.5) is 0 Å². The van der Waals surface area contributed by atoms with Crippen molar-refractivity contribution in [1.29, 1.82) is 0 Å². The smallest absolute Gasteiger partial charge is 0.0299 e. The van der Waals surface area contributed by atoms with Gasteiger partial charge < -0.3 is 0 Å². The quantitative estimate of drug-likeness (QED) is 0.760. The molecule has 1 nitrogen and oxygen atoms in total. The van der Waals surface area contributed by atoms with Crippen molar-refractivity contribution in [2.24, 2.45) is 5.92 Å². The molecule has 0 radical (unpaired) electrons. The summed E-state index contributed by atoms with van der Waals surface area (Å²) in [7, 11) is 0. The minimum absolute atomic E-state index is 0.786. The first-order valence-corrected chi connectivity index (χ1v) is 6.37. The van der Waals surface area contributed by atoms with Crippen molar-refractivity contribution < 1.29 is 0 Å². The topological polar surface area (TPSA) is 12.9 Å². The largest absolute Gasteiger partial charge is 0.264 e. The van der Waals surface area contributed by atoms with Gasteiger partial charge in [0, 0.05) is 12.4 Å². The molecule has 1 aliphatic carbocycles. The molecule has 0 spiro atoms. The van der Waals surface area contributed by atoms with Crippen molar-refractivity contribution in [2.75, 3.05) is 0 Å². The Labute approximate surface area is 103 Å². The van der Waals surface area contributed by atoms with Gasteiger partial charge in [0.15, 0.2) is 0 Å². The van der Waals surface area contributed by atoms with Gasteiger partial charge in [0.05, 0.1) is 0 Å². The highest BCUT2D eigenvalue weighted by molar-refractivity contribution is 5.30. The van der Waals surface area contributed by atoms with Crippen LogP contribution in [-0.4, -0.2) is 4.98 Å². The lowest BCUT2D eigenvalue weighted by Gasteiger charge is -2.24. The SMILES string of the molecule is c1cncc(CC2CCc3ccccc3C2)c1. The third-order valence-electron chi connectivity index (χ3n) is 3.70. The molecule has 86 valence electrons. The predicted octanol–water partition coefficient (Wildman–Crippen LogP) is 3.43. The highest BCUT2D eigenvalue weighted by Crippen LogP contribution is 2.27. The summed E-state index contributed by atoms with van der Waals surface area (Å²) in [6, 6.07) is 13.1. The van der Waals surface area contributed by atoms with Crippen molar-refractivity contribution in [1.82, 2.24) is 4.98 Å².